The fourth-order valence-corrected chi connectivity index (χ4v) is 5.78. The van der Waals surface area contributed by atoms with Gasteiger partial charge in [-0.05, 0) is 76.9 Å². The highest BCUT2D eigenvalue weighted by Gasteiger charge is 2.28. The van der Waals surface area contributed by atoms with Gasteiger partial charge in [0.25, 0.3) is 6.47 Å². The number of rotatable bonds is 7. The molecule has 2 aromatic rings. The highest BCUT2D eigenvalue weighted by Crippen LogP contribution is 2.41. The second-order valence-electron chi connectivity index (χ2n) is 8.24. The zero-order chi connectivity index (χ0) is 19.5. The maximum absolute atomic E-state index is 10.4. The molecule has 2 aliphatic carbocycles. The Bertz CT molecular complexity index is 815. The number of carbonyl (C=O) groups is 1. The number of fused-ring (bicyclic) bond motifs is 3. The van der Waals surface area contributed by atoms with Crippen molar-refractivity contribution in [1.29, 1.82) is 0 Å². The molecule has 0 bridgehead atoms. The van der Waals surface area contributed by atoms with Gasteiger partial charge in [-0.15, -0.1) is 11.3 Å². The first-order chi connectivity index (χ1) is 13.7. The number of ether oxygens (including phenoxy) is 2. The molecule has 2 heterocycles. The summed E-state index contributed by atoms with van der Waals surface area (Å²) in [6, 6.07) is 0.661. The molecule has 0 aromatic carbocycles. The van der Waals surface area contributed by atoms with E-state index in [0.717, 1.165) is 54.6 Å². The first-order valence-corrected chi connectivity index (χ1v) is 11.1. The normalized spacial score (nSPS) is 24.9. The molecule has 0 N–H and O–H groups in total. The van der Waals surface area contributed by atoms with Crippen molar-refractivity contribution in [2.75, 3.05) is 20.7 Å². The van der Waals surface area contributed by atoms with E-state index in [1.54, 1.807) is 17.7 Å². The van der Waals surface area contributed by atoms with Gasteiger partial charge in [-0.3, -0.25) is 4.79 Å². The topological polar surface area (TPSA) is 64.6 Å². The minimum absolute atomic E-state index is 0.241. The summed E-state index contributed by atoms with van der Waals surface area (Å²) in [6.07, 6.45) is 10.5. The molecule has 1 atom stereocenters. The third kappa shape index (κ3) is 4.15. The van der Waals surface area contributed by atoms with Gasteiger partial charge in [0.1, 0.15) is 17.3 Å². The standard InChI is InChI=1S/C21H29N3O3S/c1-24(2)15-4-6-16(7-5-15)27-20-19-17-11-14(9-10-26-13-25)3-8-18(17)28-21(19)23-12-22-20/h12-16H,3-11H2,1-2H3/t14-,15?,16?/m0/s1. The summed E-state index contributed by atoms with van der Waals surface area (Å²) >= 11 is 1.79. The van der Waals surface area contributed by atoms with Crippen molar-refractivity contribution < 1.29 is 14.3 Å². The van der Waals surface area contributed by atoms with Crippen molar-refractivity contribution in [1.82, 2.24) is 14.9 Å². The number of aromatic nitrogens is 2. The second-order valence-corrected chi connectivity index (χ2v) is 9.32. The maximum atomic E-state index is 10.4. The van der Waals surface area contributed by atoms with E-state index >= 15 is 0 Å². The third-order valence-corrected chi connectivity index (χ3v) is 7.47. The zero-order valence-corrected chi connectivity index (χ0v) is 17.5. The van der Waals surface area contributed by atoms with Gasteiger partial charge in [0, 0.05) is 10.9 Å². The molecule has 0 aliphatic heterocycles. The summed E-state index contributed by atoms with van der Waals surface area (Å²) in [5, 5.41) is 1.12. The van der Waals surface area contributed by atoms with Crippen LogP contribution in [-0.2, 0) is 22.4 Å². The van der Waals surface area contributed by atoms with Crippen molar-refractivity contribution in [3.05, 3.63) is 16.8 Å². The van der Waals surface area contributed by atoms with Crippen LogP contribution in [0.25, 0.3) is 10.2 Å². The van der Waals surface area contributed by atoms with Crippen molar-refractivity contribution in [2.24, 2.45) is 5.92 Å². The summed E-state index contributed by atoms with van der Waals surface area (Å²) in [5.74, 6) is 1.30. The first kappa shape index (κ1) is 19.6. The molecule has 1 saturated carbocycles. The lowest BCUT2D eigenvalue weighted by Crippen LogP contribution is -2.35. The Balaban J connectivity index is 1.51. The van der Waals surface area contributed by atoms with Gasteiger partial charge in [0.15, 0.2) is 0 Å². The average Bonchev–Trinajstić information content (AvgIpc) is 3.07. The summed E-state index contributed by atoms with van der Waals surface area (Å²) < 4.78 is 11.3. The SMILES string of the molecule is CN(C)C1CCC(Oc2ncnc3sc4c(c23)C[C@H](CCOC=O)CC4)CC1. The van der Waals surface area contributed by atoms with E-state index in [-0.39, 0.29) is 6.10 Å². The summed E-state index contributed by atoms with van der Waals surface area (Å²) in [7, 11) is 4.32. The Kier molecular flexibility index (Phi) is 6.11. The maximum Gasteiger partial charge on any atom is 0.293 e. The highest BCUT2D eigenvalue weighted by molar-refractivity contribution is 7.18. The summed E-state index contributed by atoms with van der Waals surface area (Å²) in [5.41, 5.74) is 1.36. The molecular formula is C21H29N3O3S. The van der Waals surface area contributed by atoms with Crippen LogP contribution in [0.3, 0.4) is 0 Å². The van der Waals surface area contributed by atoms with Crippen LogP contribution < -0.4 is 4.74 Å². The van der Waals surface area contributed by atoms with Crippen molar-refractivity contribution >= 4 is 28.0 Å². The van der Waals surface area contributed by atoms with Crippen LogP contribution in [0.4, 0.5) is 0 Å². The second kappa shape index (κ2) is 8.74. The van der Waals surface area contributed by atoms with Crippen molar-refractivity contribution in [3.8, 4) is 5.88 Å². The van der Waals surface area contributed by atoms with E-state index in [4.69, 9.17) is 9.47 Å². The van der Waals surface area contributed by atoms with Crippen LogP contribution in [0.5, 0.6) is 5.88 Å². The Labute approximate surface area is 170 Å². The van der Waals surface area contributed by atoms with Crippen LogP contribution in [0.1, 0.15) is 49.0 Å². The molecule has 7 heteroatoms. The molecule has 28 heavy (non-hydrogen) atoms. The molecule has 2 aromatic heterocycles. The van der Waals surface area contributed by atoms with Crippen LogP contribution >= 0.6 is 11.3 Å². The van der Waals surface area contributed by atoms with Gasteiger partial charge < -0.3 is 14.4 Å². The molecule has 1 fully saturated rings. The smallest absolute Gasteiger partial charge is 0.293 e. The van der Waals surface area contributed by atoms with Crippen molar-refractivity contribution in [3.63, 3.8) is 0 Å². The lowest BCUT2D eigenvalue weighted by molar-refractivity contribution is -0.129. The average molecular weight is 404 g/mol. The van der Waals surface area contributed by atoms with E-state index in [1.807, 2.05) is 0 Å². The minimum Gasteiger partial charge on any atom is -0.474 e. The van der Waals surface area contributed by atoms with Gasteiger partial charge in [0.2, 0.25) is 5.88 Å². The van der Waals surface area contributed by atoms with Crippen LogP contribution in [0.15, 0.2) is 6.33 Å². The van der Waals surface area contributed by atoms with Crippen LogP contribution in [0.2, 0.25) is 0 Å². The molecule has 2 aliphatic rings. The number of thiophene rings is 1. The predicted molar refractivity (Wildman–Crippen MR) is 110 cm³/mol. The quantitative estimate of drug-likeness (QED) is 0.520. The van der Waals surface area contributed by atoms with E-state index < -0.39 is 0 Å². The molecule has 6 nitrogen and oxygen atoms in total. The molecule has 0 amide bonds. The highest BCUT2D eigenvalue weighted by atomic mass is 32.1. The lowest BCUT2D eigenvalue weighted by Gasteiger charge is -2.32. The largest absolute Gasteiger partial charge is 0.474 e. The van der Waals surface area contributed by atoms with Gasteiger partial charge in [-0.2, -0.15) is 0 Å². The van der Waals surface area contributed by atoms with Gasteiger partial charge >= 0.3 is 0 Å². The summed E-state index contributed by atoms with van der Waals surface area (Å²) in [4.78, 5) is 24.3. The van der Waals surface area contributed by atoms with Crippen molar-refractivity contribution in [2.45, 2.75) is 63.5 Å². The van der Waals surface area contributed by atoms with E-state index in [1.165, 1.54) is 23.3 Å². The minimum atomic E-state index is 0.241. The number of aryl methyl sites for hydroxylation is 1. The predicted octanol–water partition coefficient (Wildman–Crippen LogP) is 3.61. The van der Waals surface area contributed by atoms with Crippen LogP contribution in [-0.4, -0.2) is 54.2 Å². The summed E-state index contributed by atoms with van der Waals surface area (Å²) in [6.45, 7) is 1.04. The Morgan fingerprint density at radius 2 is 2.04 bits per heavy atom. The monoisotopic (exact) mass is 403 g/mol. The van der Waals surface area contributed by atoms with Gasteiger partial charge in [-0.1, -0.05) is 0 Å². The third-order valence-electron chi connectivity index (χ3n) is 6.27. The molecule has 0 unspecified atom stereocenters. The Morgan fingerprint density at radius 1 is 1.21 bits per heavy atom. The molecular weight excluding hydrogens is 374 g/mol. The molecule has 4 rings (SSSR count). The number of hydrogen-bond acceptors (Lipinski definition) is 7. The lowest BCUT2D eigenvalue weighted by atomic mass is 9.85. The molecule has 0 spiro atoms. The van der Waals surface area contributed by atoms with E-state index in [2.05, 4.69) is 29.0 Å². The fraction of sp³-hybridized carbons (Fsp3) is 0.667. The van der Waals surface area contributed by atoms with Gasteiger partial charge in [0.05, 0.1) is 12.0 Å². The van der Waals surface area contributed by atoms with Gasteiger partial charge in [-0.25, -0.2) is 9.97 Å². The Hall–Kier alpha value is -1.73. The molecule has 152 valence electrons. The number of nitrogens with zero attached hydrogens (tertiary/aromatic N) is 3. The molecule has 0 saturated heterocycles. The first-order valence-electron chi connectivity index (χ1n) is 10.3. The van der Waals surface area contributed by atoms with E-state index in [9.17, 15) is 4.79 Å². The zero-order valence-electron chi connectivity index (χ0n) is 16.7. The van der Waals surface area contributed by atoms with Crippen LogP contribution in [0, 0.1) is 5.92 Å². The number of carbonyl (C=O) groups excluding carboxylic acids is 1. The van der Waals surface area contributed by atoms with E-state index in [0.29, 0.717) is 25.0 Å². The number of hydrogen-bond donors (Lipinski definition) is 0. The fourth-order valence-electron chi connectivity index (χ4n) is 4.61. The Morgan fingerprint density at radius 3 is 2.79 bits per heavy atom. The molecule has 0 radical (unpaired) electrons.